The molecule has 0 radical (unpaired) electrons. The average molecular weight is 453 g/mol. The Balaban J connectivity index is 1.39. The number of fused-ring (bicyclic) bond motifs is 2. The first kappa shape index (κ1) is 21.3. The summed E-state index contributed by atoms with van der Waals surface area (Å²) >= 11 is 0. The summed E-state index contributed by atoms with van der Waals surface area (Å²) < 4.78 is 29.4. The van der Waals surface area contributed by atoms with Gasteiger partial charge in [0.2, 0.25) is 11.9 Å². The molecule has 0 saturated heterocycles. The summed E-state index contributed by atoms with van der Waals surface area (Å²) in [5.74, 6) is 1.05. The molecule has 1 aromatic carbocycles. The molecule has 10 heteroatoms. The monoisotopic (exact) mass is 453 g/mol. The summed E-state index contributed by atoms with van der Waals surface area (Å²) in [4.78, 5) is 20.2. The number of anilines is 1. The Bertz CT molecular complexity index is 1350. The standard InChI is InChI=1S/C23H25F2N7O/c1-13-27-18-5-4-15(8-19(18)31(13)12-21(24)25)17-6-7-32-20(17)11-26-22(30-32)28-16-9-23(3,10-16)29-14(2)33/h4-8,11,16,21H,9-10,12H2,1-3H3,(H,28,30)(H,29,33)/t16-,23+. The van der Waals surface area contributed by atoms with Crippen LogP contribution >= 0.6 is 0 Å². The molecule has 1 saturated carbocycles. The van der Waals surface area contributed by atoms with Crippen LogP contribution in [-0.4, -0.2) is 48.1 Å². The zero-order chi connectivity index (χ0) is 23.3. The number of rotatable bonds is 6. The Labute approximate surface area is 189 Å². The van der Waals surface area contributed by atoms with Gasteiger partial charge in [0, 0.05) is 30.3 Å². The normalized spacial score (nSPS) is 20.4. The number of alkyl halides is 2. The van der Waals surface area contributed by atoms with Gasteiger partial charge in [0.05, 0.1) is 29.3 Å². The highest BCUT2D eigenvalue weighted by Gasteiger charge is 2.41. The molecule has 0 aliphatic heterocycles. The number of carbonyl (C=O) groups is 1. The van der Waals surface area contributed by atoms with Crippen LogP contribution in [0.1, 0.15) is 32.5 Å². The zero-order valence-corrected chi connectivity index (χ0v) is 18.6. The summed E-state index contributed by atoms with van der Waals surface area (Å²) in [6.07, 6.45) is 2.76. The smallest absolute Gasteiger partial charge is 0.256 e. The molecule has 2 N–H and O–H groups in total. The third-order valence-corrected chi connectivity index (χ3v) is 6.19. The first-order valence-corrected chi connectivity index (χ1v) is 10.9. The number of carbonyl (C=O) groups excluding carboxylic acids is 1. The summed E-state index contributed by atoms with van der Waals surface area (Å²) in [5.41, 5.74) is 3.78. The number of amides is 1. The maximum atomic E-state index is 13.1. The van der Waals surface area contributed by atoms with Gasteiger partial charge in [0.15, 0.2) is 0 Å². The van der Waals surface area contributed by atoms with Crippen LogP contribution in [0.3, 0.4) is 0 Å². The molecule has 3 heterocycles. The minimum Gasteiger partial charge on any atom is -0.351 e. The largest absolute Gasteiger partial charge is 0.351 e. The third-order valence-electron chi connectivity index (χ3n) is 6.19. The van der Waals surface area contributed by atoms with Gasteiger partial charge in [-0.05, 0) is 50.5 Å². The summed E-state index contributed by atoms with van der Waals surface area (Å²) in [7, 11) is 0. The SMILES string of the molecule is CC(=O)N[C@]1(C)C[C@H](Nc2ncc3c(-c4ccc5nc(C)n(CC(F)F)c5c4)ccn3n2)C1. The van der Waals surface area contributed by atoms with E-state index >= 15 is 0 Å². The number of aromatic nitrogens is 5. The Morgan fingerprint density at radius 1 is 1.27 bits per heavy atom. The van der Waals surface area contributed by atoms with E-state index in [1.807, 2.05) is 37.4 Å². The van der Waals surface area contributed by atoms with Crippen molar-refractivity contribution in [3.8, 4) is 11.1 Å². The van der Waals surface area contributed by atoms with Crippen molar-refractivity contribution < 1.29 is 13.6 Å². The second-order valence-electron chi connectivity index (χ2n) is 9.00. The van der Waals surface area contributed by atoms with Gasteiger partial charge in [-0.3, -0.25) is 4.79 Å². The second kappa shape index (κ2) is 7.79. The van der Waals surface area contributed by atoms with Crippen LogP contribution in [0.15, 0.2) is 36.7 Å². The van der Waals surface area contributed by atoms with Crippen molar-refractivity contribution in [3.63, 3.8) is 0 Å². The fourth-order valence-electron chi connectivity index (χ4n) is 4.83. The molecule has 1 aliphatic carbocycles. The molecule has 172 valence electrons. The molecule has 5 rings (SSSR count). The van der Waals surface area contributed by atoms with Gasteiger partial charge in [0.25, 0.3) is 6.43 Å². The maximum absolute atomic E-state index is 13.1. The molecule has 0 spiro atoms. The molecule has 0 bridgehead atoms. The number of nitrogens with one attached hydrogen (secondary N) is 2. The van der Waals surface area contributed by atoms with E-state index in [0.29, 0.717) is 22.8 Å². The maximum Gasteiger partial charge on any atom is 0.256 e. The van der Waals surface area contributed by atoms with Crippen LogP contribution < -0.4 is 10.6 Å². The Morgan fingerprint density at radius 3 is 2.79 bits per heavy atom. The van der Waals surface area contributed by atoms with Crippen molar-refractivity contribution in [3.05, 3.63) is 42.5 Å². The van der Waals surface area contributed by atoms with Crippen LogP contribution in [0.5, 0.6) is 0 Å². The molecule has 3 aromatic heterocycles. The quantitative estimate of drug-likeness (QED) is 0.464. The van der Waals surface area contributed by atoms with Gasteiger partial charge in [-0.25, -0.2) is 23.3 Å². The second-order valence-corrected chi connectivity index (χ2v) is 9.00. The first-order chi connectivity index (χ1) is 15.7. The summed E-state index contributed by atoms with van der Waals surface area (Å²) in [5, 5.41) is 10.9. The predicted molar refractivity (Wildman–Crippen MR) is 121 cm³/mol. The summed E-state index contributed by atoms with van der Waals surface area (Å²) in [6, 6.07) is 7.79. The van der Waals surface area contributed by atoms with E-state index in [9.17, 15) is 13.6 Å². The molecule has 4 aromatic rings. The van der Waals surface area contributed by atoms with E-state index in [2.05, 4.69) is 25.7 Å². The molecule has 1 aliphatic rings. The Hall–Kier alpha value is -3.56. The van der Waals surface area contributed by atoms with Crippen LogP contribution in [-0.2, 0) is 11.3 Å². The summed E-state index contributed by atoms with van der Waals surface area (Å²) in [6.45, 7) is 4.90. The zero-order valence-electron chi connectivity index (χ0n) is 18.6. The Morgan fingerprint density at radius 2 is 2.06 bits per heavy atom. The van der Waals surface area contributed by atoms with Crippen molar-refractivity contribution in [2.24, 2.45) is 0 Å². The number of halogens is 2. The lowest BCUT2D eigenvalue weighted by molar-refractivity contribution is -0.121. The van der Waals surface area contributed by atoms with Crippen LogP contribution in [0.2, 0.25) is 0 Å². The van der Waals surface area contributed by atoms with Crippen molar-refractivity contribution >= 4 is 28.4 Å². The highest BCUT2D eigenvalue weighted by Crippen LogP contribution is 2.34. The van der Waals surface area contributed by atoms with Gasteiger partial charge in [0.1, 0.15) is 5.82 Å². The van der Waals surface area contributed by atoms with E-state index in [1.165, 1.54) is 6.92 Å². The molecule has 1 amide bonds. The number of hydrogen-bond donors (Lipinski definition) is 2. The highest BCUT2D eigenvalue weighted by atomic mass is 19.3. The van der Waals surface area contributed by atoms with E-state index in [0.717, 1.165) is 29.5 Å². The number of nitrogens with zero attached hydrogens (tertiary/aromatic N) is 5. The lowest BCUT2D eigenvalue weighted by Crippen LogP contribution is -2.59. The molecule has 0 atom stereocenters. The molecule has 1 fully saturated rings. The van der Waals surface area contributed by atoms with Crippen molar-refractivity contribution in [2.75, 3.05) is 5.32 Å². The van der Waals surface area contributed by atoms with Gasteiger partial charge in [-0.1, -0.05) is 6.07 Å². The lowest BCUT2D eigenvalue weighted by Gasteiger charge is -2.45. The van der Waals surface area contributed by atoms with Gasteiger partial charge in [-0.2, -0.15) is 0 Å². The number of imidazole rings is 1. The first-order valence-electron chi connectivity index (χ1n) is 10.9. The van der Waals surface area contributed by atoms with Crippen LogP contribution in [0, 0.1) is 6.92 Å². The lowest BCUT2D eigenvalue weighted by atomic mass is 9.74. The van der Waals surface area contributed by atoms with E-state index < -0.39 is 6.43 Å². The number of aryl methyl sites for hydroxylation is 1. The average Bonchev–Trinajstić information content (AvgIpc) is 3.26. The van der Waals surface area contributed by atoms with E-state index in [-0.39, 0.29) is 24.0 Å². The van der Waals surface area contributed by atoms with Crippen LogP contribution in [0.25, 0.3) is 27.7 Å². The van der Waals surface area contributed by atoms with Crippen molar-refractivity contribution in [1.82, 2.24) is 29.5 Å². The van der Waals surface area contributed by atoms with E-state index in [4.69, 9.17) is 0 Å². The minimum atomic E-state index is -2.45. The number of benzene rings is 1. The third kappa shape index (κ3) is 4.01. The van der Waals surface area contributed by atoms with E-state index in [1.54, 1.807) is 22.2 Å². The predicted octanol–water partition coefficient (Wildman–Crippen LogP) is 3.79. The molecule has 33 heavy (non-hydrogen) atoms. The van der Waals surface area contributed by atoms with Crippen molar-refractivity contribution in [2.45, 2.75) is 58.2 Å². The fourth-order valence-corrected chi connectivity index (χ4v) is 4.83. The van der Waals surface area contributed by atoms with Gasteiger partial charge < -0.3 is 15.2 Å². The highest BCUT2D eigenvalue weighted by molar-refractivity contribution is 5.87. The van der Waals surface area contributed by atoms with Crippen molar-refractivity contribution in [1.29, 1.82) is 0 Å². The van der Waals surface area contributed by atoms with Crippen LogP contribution in [0.4, 0.5) is 14.7 Å². The molecular formula is C23H25F2N7O. The number of hydrogen-bond acceptors (Lipinski definition) is 5. The Kier molecular flexibility index (Phi) is 5.02. The van der Waals surface area contributed by atoms with Gasteiger partial charge in [-0.15, -0.1) is 5.10 Å². The molecule has 0 unspecified atom stereocenters. The molecule has 8 nitrogen and oxygen atoms in total. The topological polar surface area (TPSA) is 89.1 Å². The fraction of sp³-hybridized carbons (Fsp3) is 0.391. The minimum absolute atomic E-state index is 0.0286. The van der Waals surface area contributed by atoms with Gasteiger partial charge >= 0.3 is 0 Å². The molecular weight excluding hydrogens is 428 g/mol.